The van der Waals surface area contributed by atoms with Crippen LogP contribution in [0.1, 0.15) is 10.6 Å². The summed E-state index contributed by atoms with van der Waals surface area (Å²) in [6.45, 7) is 0. The van der Waals surface area contributed by atoms with E-state index in [4.69, 9.17) is 22.4 Å². The third-order valence-electron chi connectivity index (χ3n) is 1.90. The lowest BCUT2D eigenvalue weighted by Crippen LogP contribution is -2.07. The molecule has 1 heterocycles. The van der Waals surface area contributed by atoms with Gasteiger partial charge in [0.25, 0.3) is 0 Å². The first-order valence-electron chi connectivity index (χ1n) is 4.04. The van der Waals surface area contributed by atoms with Gasteiger partial charge in [-0.2, -0.15) is 0 Å². The van der Waals surface area contributed by atoms with Crippen LogP contribution in [0.15, 0.2) is 18.2 Å². The summed E-state index contributed by atoms with van der Waals surface area (Å²) < 4.78 is 0. The number of aromatic carboxylic acids is 1. The topological polar surface area (TPSA) is 89.1 Å². The summed E-state index contributed by atoms with van der Waals surface area (Å²) in [5.74, 6) is -1.48. The molecule has 0 saturated carbocycles. The predicted octanol–water partition coefficient (Wildman–Crippen LogP) is 1.56. The first-order chi connectivity index (χ1) is 7.09. The van der Waals surface area contributed by atoms with Crippen molar-refractivity contribution < 1.29 is 9.90 Å². The van der Waals surface area contributed by atoms with Gasteiger partial charge in [0, 0.05) is 5.39 Å². The lowest BCUT2D eigenvalue weighted by Gasteiger charge is -2.03. The minimum absolute atomic E-state index is 0.111. The van der Waals surface area contributed by atoms with Crippen LogP contribution in [0.5, 0.6) is 0 Å². The van der Waals surface area contributed by atoms with Gasteiger partial charge in [-0.15, -0.1) is 0 Å². The van der Waals surface area contributed by atoms with E-state index in [0.29, 0.717) is 15.9 Å². The Morgan fingerprint density at radius 2 is 2.13 bits per heavy atom. The Hall–Kier alpha value is -1.88. The number of anilines is 1. The van der Waals surface area contributed by atoms with E-state index in [1.807, 2.05) is 0 Å². The zero-order valence-corrected chi connectivity index (χ0v) is 8.19. The highest BCUT2D eigenvalue weighted by atomic mass is 35.5. The van der Waals surface area contributed by atoms with E-state index in [2.05, 4.69) is 9.97 Å². The first kappa shape index (κ1) is 9.67. The molecule has 0 bridgehead atoms. The van der Waals surface area contributed by atoms with Crippen LogP contribution in [0.4, 0.5) is 5.82 Å². The molecule has 0 atom stereocenters. The number of nitrogen functional groups attached to an aromatic ring is 1. The second-order valence-corrected chi connectivity index (χ2v) is 3.28. The molecule has 0 fully saturated rings. The average Bonchev–Trinajstić information content (AvgIpc) is 2.19. The number of aromatic nitrogens is 2. The van der Waals surface area contributed by atoms with Gasteiger partial charge in [0.2, 0.25) is 5.82 Å². The molecular weight excluding hydrogens is 218 g/mol. The van der Waals surface area contributed by atoms with Crippen molar-refractivity contribution in [2.24, 2.45) is 0 Å². The molecule has 2 rings (SSSR count). The number of nitrogens with zero attached hydrogens (tertiary/aromatic N) is 2. The smallest absolute Gasteiger partial charge is 0.374 e. The fourth-order valence-electron chi connectivity index (χ4n) is 1.24. The maximum Gasteiger partial charge on any atom is 0.374 e. The molecule has 0 radical (unpaired) electrons. The van der Waals surface area contributed by atoms with Gasteiger partial charge >= 0.3 is 5.97 Å². The number of para-hydroxylation sites is 1. The van der Waals surface area contributed by atoms with Crippen molar-refractivity contribution in [2.75, 3.05) is 5.73 Å². The Labute approximate surface area is 89.5 Å². The van der Waals surface area contributed by atoms with Crippen molar-refractivity contribution in [3.63, 3.8) is 0 Å². The molecule has 1 aromatic heterocycles. The molecule has 0 unspecified atom stereocenters. The summed E-state index contributed by atoms with van der Waals surface area (Å²) in [7, 11) is 0. The Kier molecular flexibility index (Phi) is 2.17. The number of carbonyl (C=O) groups is 1. The third-order valence-corrected chi connectivity index (χ3v) is 2.20. The Morgan fingerprint density at radius 3 is 2.80 bits per heavy atom. The lowest BCUT2D eigenvalue weighted by molar-refractivity contribution is 0.0684. The van der Waals surface area contributed by atoms with E-state index in [-0.39, 0.29) is 11.6 Å². The standard InChI is InChI=1S/C9H6ClN3O2/c10-5-3-1-2-4-6(5)12-8(9(14)15)13-7(4)11/h1-3H,(H,14,15)(H2,11,12,13). The maximum atomic E-state index is 10.7. The van der Waals surface area contributed by atoms with Crippen molar-refractivity contribution in [2.45, 2.75) is 0 Å². The summed E-state index contributed by atoms with van der Waals surface area (Å²) in [5.41, 5.74) is 5.94. The number of carboxylic acids is 1. The van der Waals surface area contributed by atoms with Gasteiger partial charge in [-0.1, -0.05) is 17.7 Å². The largest absolute Gasteiger partial charge is 0.475 e. The molecule has 0 aliphatic rings. The summed E-state index contributed by atoms with van der Waals surface area (Å²) in [6, 6.07) is 5.00. The van der Waals surface area contributed by atoms with Gasteiger partial charge in [-0.3, -0.25) is 0 Å². The van der Waals surface area contributed by atoms with Gasteiger partial charge in [-0.05, 0) is 12.1 Å². The van der Waals surface area contributed by atoms with Crippen LogP contribution in [0.3, 0.4) is 0 Å². The normalized spacial score (nSPS) is 10.5. The zero-order chi connectivity index (χ0) is 11.0. The average molecular weight is 224 g/mol. The fourth-order valence-corrected chi connectivity index (χ4v) is 1.45. The summed E-state index contributed by atoms with van der Waals surface area (Å²) in [6.07, 6.45) is 0. The monoisotopic (exact) mass is 223 g/mol. The molecule has 0 aliphatic carbocycles. The van der Waals surface area contributed by atoms with Crippen LogP contribution < -0.4 is 5.73 Å². The molecule has 5 nitrogen and oxygen atoms in total. The SMILES string of the molecule is Nc1nc(C(=O)O)nc2c(Cl)cccc12. The van der Waals surface area contributed by atoms with Crippen LogP contribution in [0, 0.1) is 0 Å². The van der Waals surface area contributed by atoms with E-state index in [9.17, 15) is 4.79 Å². The van der Waals surface area contributed by atoms with Crippen LogP contribution in [-0.2, 0) is 0 Å². The minimum Gasteiger partial charge on any atom is -0.475 e. The third kappa shape index (κ3) is 1.57. The van der Waals surface area contributed by atoms with Gasteiger partial charge in [-0.25, -0.2) is 14.8 Å². The highest BCUT2D eigenvalue weighted by Crippen LogP contribution is 2.24. The van der Waals surface area contributed by atoms with Crippen LogP contribution >= 0.6 is 11.6 Å². The molecule has 0 amide bonds. The van der Waals surface area contributed by atoms with Crippen LogP contribution in [0.25, 0.3) is 10.9 Å². The highest BCUT2D eigenvalue weighted by Gasteiger charge is 2.12. The van der Waals surface area contributed by atoms with Gasteiger partial charge in [0.05, 0.1) is 10.5 Å². The summed E-state index contributed by atoms with van der Waals surface area (Å²) >= 11 is 5.87. The molecule has 6 heteroatoms. The highest BCUT2D eigenvalue weighted by molar-refractivity contribution is 6.35. The van der Waals surface area contributed by atoms with Crippen molar-refractivity contribution in [1.82, 2.24) is 9.97 Å². The second-order valence-electron chi connectivity index (χ2n) is 2.87. The number of hydrogen-bond donors (Lipinski definition) is 2. The molecule has 0 spiro atoms. The zero-order valence-electron chi connectivity index (χ0n) is 7.44. The summed E-state index contributed by atoms with van der Waals surface area (Å²) in [5, 5.41) is 9.64. The van der Waals surface area contributed by atoms with E-state index in [0.717, 1.165) is 0 Å². The quantitative estimate of drug-likeness (QED) is 0.766. The van der Waals surface area contributed by atoms with E-state index < -0.39 is 5.97 Å². The molecule has 0 aliphatic heterocycles. The predicted molar refractivity (Wildman–Crippen MR) is 55.9 cm³/mol. The van der Waals surface area contributed by atoms with Crippen molar-refractivity contribution >= 4 is 34.3 Å². The molecular formula is C9H6ClN3O2. The van der Waals surface area contributed by atoms with E-state index in [1.165, 1.54) is 0 Å². The molecule has 76 valence electrons. The Bertz CT molecular complexity index is 556. The minimum atomic E-state index is -1.23. The molecule has 1 aromatic carbocycles. The Balaban J connectivity index is 2.85. The van der Waals surface area contributed by atoms with E-state index >= 15 is 0 Å². The van der Waals surface area contributed by atoms with Gasteiger partial charge < -0.3 is 10.8 Å². The Morgan fingerprint density at radius 1 is 1.40 bits per heavy atom. The molecule has 0 saturated heterocycles. The molecule has 15 heavy (non-hydrogen) atoms. The fraction of sp³-hybridized carbons (Fsp3) is 0. The van der Waals surface area contributed by atoms with E-state index in [1.54, 1.807) is 18.2 Å². The van der Waals surface area contributed by atoms with Crippen LogP contribution in [-0.4, -0.2) is 21.0 Å². The van der Waals surface area contributed by atoms with Gasteiger partial charge in [0.15, 0.2) is 0 Å². The number of nitrogens with two attached hydrogens (primary N) is 1. The lowest BCUT2D eigenvalue weighted by atomic mass is 10.2. The van der Waals surface area contributed by atoms with Gasteiger partial charge in [0.1, 0.15) is 5.82 Å². The number of rotatable bonds is 1. The molecule has 3 N–H and O–H groups in total. The maximum absolute atomic E-state index is 10.7. The molecule has 2 aromatic rings. The van der Waals surface area contributed by atoms with Crippen molar-refractivity contribution in [1.29, 1.82) is 0 Å². The summed E-state index contributed by atoms with van der Waals surface area (Å²) in [4.78, 5) is 18.1. The van der Waals surface area contributed by atoms with Crippen LogP contribution in [0.2, 0.25) is 5.02 Å². The van der Waals surface area contributed by atoms with Crippen molar-refractivity contribution in [3.05, 3.63) is 29.0 Å². The van der Waals surface area contributed by atoms with Crippen molar-refractivity contribution in [3.8, 4) is 0 Å². The number of benzene rings is 1. The second kappa shape index (κ2) is 3.36. The first-order valence-corrected chi connectivity index (χ1v) is 4.42. The number of hydrogen-bond acceptors (Lipinski definition) is 4. The number of fused-ring (bicyclic) bond motifs is 1. The number of carboxylic acid groups (broad SMARTS) is 1. The number of halogens is 1.